The molecule has 1 fully saturated rings. The van der Waals surface area contributed by atoms with Gasteiger partial charge in [0.1, 0.15) is 0 Å². The largest absolute Gasteiger partial charge is 0.481 e. The third kappa shape index (κ3) is 2.58. The Morgan fingerprint density at radius 3 is 2.00 bits per heavy atom. The zero-order valence-electron chi connectivity index (χ0n) is 4.92. The van der Waals surface area contributed by atoms with Crippen molar-refractivity contribution in [2.24, 2.45) is 11.7 Å². The lowest BCUT2D eigenvalue weighted by molar-refractivity contribution is -0.138. The molecular weight excluding hydrogens is 106 g/mol. The van der Waals surface area contributed by atoms with E-state index in [-0.39, 0.29) is 5.92 Å². The summed E-state index contributed by atoms with van der Waals surface area (Å²) in [5.41, 5.74) is 4.50. The molecule has 0 aliphatic heterocycles. The molecule has 0 unspecified atom stereocenters. The fraction of sp³-hybridized carbons (Fsp3) is 0.800. The van der Waals surface area contributed by atoms with Crippen molar-refractivity contribution >= 4 is 5.97 Å². The predicted molar refractivity (Wildman–Crippen MR) is 30.5 cm³/mol. The maximum Gasteiger partial charge on any atom is 0.306 e. The smallest absolute Gasteiger partial charge is 0.306 e. The van der Waals surface area contributed by atoms with Crippen molar-refractivity contribution in [3.8, 4) is 0 Å². The fourth-order valence-corrected chi connectivity index (χ4v) is 0.330. The normalized spacial score (nSPS) is 16.2. The van der Waals surface area contributed by atoms with E-state index < -0.39 is 5.97 Å². The highest BCUT2D eigenvalue weighted by molar-refractivity contribution is 5.72. The minimum Gasteiger partial charge on any atom is -0.481 e. The van der Waals surface area contributed by atoms with E-state index in [1.165, 1.54) is 7.05 Å². The lowest BCUT2D eigenvalue weighted by Crippen LogP contribution is -1.94. The summed E-state index contributed by atoms with van der Waals surface area (Å²) in [6.07, 6.45) is 1.80. The molecular formula is C5H11NO2. The van der Waals surface area contributed by atoms with Gasteiger partial charge in [-0.1, -0.05) is 0 Å². The molecule has 0 aromatic rings. The zero-order valence-corrected chi connectivity index (χ0v) is 4.92. The molecule has 0 radical (unpaired) electrons. The summed E-state index contributed by atoms with van der Waals surface area (Å²) in [4.78, 5) is 9.76. The number of aliphatic carboxylic acids is 1. The Kier molecular flexibility index (Phi) is 3.19. The number of hydrogen-bond donors (Lipinski definition) is 2. The fourth-order valence-electron chi connectivity index (χ4n) is 0.330. The van der Waals surface area contributed by atoms with Crippen LogP contribution in [0, 0.1) is 5.92 Å². The van der Waals surface area contributed by atoms with Gasteiger partial charge in [0.15, 0.2) is 0 Å². The average molecular weight is 117 g/mol. The highest BCUT2D eigenvalue weighted by Gasteiger charge is 2.28. The molecule has 0 saturated heterocycles. The van der Waals surface area contributed by atoms with Gasteiger partial charge in [-0.25, -0.2) is 0 Å². The van der Waals surface area contributed by atoms with Crippen LogP contribution in [0.1, 0.15) is 12.8 Å². The number of hydrogen-bond acceptors (Lipinski definition) is 2. The van der Waals surface area contributed by atoms with Gasteiger partial charge < -0.3 is 10.8 Å². The highest BCUT2D eigenvalue weighted by atomic mass is 16.4. The van der Waals surface area contributed by atoms with Crippen molar-refractivity contribution in [1.82, 2.24) is 0 Å². The van der Waals surface area contributed by atoms with E-state index in [2.05, 4.69) is 5.73 Å². The lowest BCUT2D eigenvalue weighted by Gasteiger charge is -1.75. The van der Waals surface area contributed by atoms with Gasteiger partial charge in [0, 0.05) is 0 Å². The Bertz CT molecular complexity index is 78.5. The highest BCUT2D eigenvalue weighted by Crippen LogP contribution is 2.28. The van der Waals surface area contributed by atoms with Gasteiger partial charge in [-0.05, 0) is 19.9 Å². The Labute approximate surface area is 48.5 Å². The first-order valence-electron chi connectivity index (χ1n) is 2.61. The van der Waals surface area contributed by atoms with E-state index in [0.717, 1.165) is 12.8 Å². The second kappa shape index (κ2) is 3.43. The third-order valence-electron chi connectivity index (χ3n) is 0.927. The van der Waals surface area contributed by atoms with E-state index in [1.807, 2.05) is 0 Å². The minimum atomic E-state index is -0.630. The first-order chi connectivity index (χ1) is 3.80. The maximum absolute atomic E-state index is 9.76. The molecule has 1 rings (SSSR count). The Hall–Kier alpha value is -0.570. The number of nitrogens with two attached hydrogens (primary N) is 1. The van der Waals surface area contributed by atoms with Crippen LogP contribution in [0.2, 0.25) is 0 Å². The zero-order chi connectivity index (χ0) is 6.57. The van der Waals surface area contributed by atoms with Crippen LogP contribution >= 0.6 is 0 Å². The van der Waals surface area contributed by atoms with Gasteiger partial charge in [-0.15, -0.1) is 0 Å². The summed E-state index contributed by atoms with van der Waals surface area (Å²) in [5.74, 6) is -0.611. The Morgan fingerprint density at radius 1 is 1.62 bits per heavy atom. The molecule has 1 aliphatic carbocycles. The SMILES string of the molecule is CN.O=C(O)C1CC1. The van der Waals surface area contributed by atoms with E-state index in [1.54, 1.807) is 0 Å². The van der Waals surface area contributed by atoms with Crippen molar-refractivity contribution in [1.29, 1.82) is 0 Å². The summed E-state index contributed by atoms with van der Waals surface area (Å²) >= 11 is 0. The third-order valence-corrected chi connectivity index (χ3v) is 0.927. The van der Waals surface area contributed by atoms with Crippen molar-refractivity contribution in [3.63, 3.8) is 0 Å². The van der Waals surface area contributed by atoms with Gasteiger partial charge in [-0.2, -0.15) is 0 Å². The van der Waals surface area contributed by atoms with Gasteiger partial charge in [-0.3, -0.25) is 4.79 Å². The topological polar surface area (TPSA) is 63.3 Å². The average Bonchev–Trinajstić information content (AvgIpc) is 2.50. The van der Waals surface area contributed by atoms with Gasteiger partial charge in [0.2, 0.25) is 0 Å². The van der Waals surface area contributed by atoms with Crippen LogP contribution in [0.15, 0.2) is 0 Å². The molecule has 1 aliphatic rings. The second-order valence-electron chi connectivity index (χ2n) is 1.61. The summed E-state index contributed by atoms with van der Waals surface area (Å²) in [6.45, 7) is 0. The number of carbonyl (C=O) groups is 1. The van der Waals surface area contributed by atoms with E-state index in [4.69, 9.17) is 5.11 Å². The standard InChI is InChI=1S/C4H6O2.CH5N/c5-4(6)3-1-2-3;1-2/h3H,1-2H2,(H,5,6);2H2,1H3. The van der Waals surface area contributed by atoms with Gasteiger partial charge >= 0.3 is 5.97 Å². The molecule has 0 heterocycles. The van der Waals surface area contributed by atoms with Crippen molar-refractivity contribution in [2.75, 3.05) is 7.05 Å². The molecule has 48 valence electrons. The van der Waals surface area contributed by atoms with Gasteiger partial charge in [0.25, 0.3) is 0 Å². The first kappa shape index (κ1) is 7.43. The number of carboxylic acid groups (broad SMARTS) is 1. The van der Waals surface area contributed by atoms with Gasteiger partial charge in [0.05, 0.1) is 5.92 Å². The molecule has 3 heteroatoms. The number of carboxylic acids is 1. The van der Waals surface area contributed by atoms with Crippen LogP contribution in [0.5, 0.6) is 0 Å². The quantitative estimate of drug-likeness (QED) is 0.510. The maximum atomic E-state index is 9.76. The Morgan fingerprint density at radius 2 is 2.00 bits per heavy atom. The summed E-state index contributed by atoms with van der Waals surface area (Å²) < 4.78 is 0. The van der Waals surface area contributed by atoms with E-state index in [9.17, 15) is 4.79 Å². The van der Waals surface area contributed by atoms with Crippen LogP contribution in [0.4, 0.5) is 0 Å². The van der Waals surface area contributed by atoms with E-state index >= 15 is 0 Å². The molecule has 0 bridgehead atoms. The molecule has 0 aromatic carbocycles. The lowest BCUT2D eigenvalue weighted by atomic mass is 10.5. The van der Waals surface area contributed by atoms with Crippen LogP contribution in [0.3, 0.4) is 0 Å². The van der Waals surface area contributed by atoms with Crippen molar-refractivity contribution in [3.05, 3.63) is 0 Å². The van der Waals surface area contributed by atoms with Crippen molar-refractivity contribution < 1.29 is 9.90 Å². The molecule has 8 heavy (non-hydrogen) atoms. The van der Waals surface area contributed by atoms with E-state index in [0.29, 0.717) is 0 Å². The second-order valence-corrected chi connectivity index (χ2v) is 1.61. The summed E-state index contributed by atoms with van der Waals surface area (Å²) in [6, 6.07) is 0. The van der Waals surface area contributed by atoms with Crippen molar-refractivity contribution in [2.45, 2.75) is 12.8 Å². The molecule has 0 amide bonds. The Balaban J connectivity index is 0.000000222. The number of rotatable bonds is 1. The molecule has 0 aromatic heterocycles. The van der Waals surface area contributed by atoms with Crippen LogP contribution in [-0.4, -0.2) is 18.1 Å². The summed E-state index contributed by atoms with van der Waals surface area (Å²) in [7, 11) is 1.50. The monoisotopic (exact) mass is 117 g/mol. The minimum absolute atomic E-state index is 0.0185. The summed E-state index contributed by atoms with van der Waals surface area (Å²) in [5, 5.41) is 8.05. The molecule has 0 atom stereocenters. The van der Waals surface area contributed by atoms with Crippen LogP contribution in [-0.2, 0) is 4.79 Å². The molecule has 0 spiro atoms. The van der Waals surface area contributed by atoms with Crippen LogP contribution < -0.4 is 5.73 Å². The molecule has 3 nitrogen and oxygen atoms in total. The first-order valence-corrected chi connectivity index (χ1v) is 2.61. The predicted octanol–water partition coefficient (Wildman–Crippen LogP) is 0.0559. The molecule has 3 N–H and O–H groups in total. The molecule has 1 saturated carbocycles. The van der Waals surface area contributed by atoms with Crippen LogP contribution in [0.25, 0.3) is 0 Å².